The molecule has 6 nitrogen and oxygen atoms in total. The molecule has 0 saturated heterocycles. The Morgan fingerprint density at radius 3 is 2.45 bits per heavy atom. The van der Waals surface area contributed by atoms with Crippen LogP contribution in [0.1, 0.15) is 12.5 Å². The summed E-state index contributed by atoms with van der Waals surface area (Å²) in [5.74, 6) is -1.01. The Bertz CT molecular complexity index is 494. The van der Waals surface area contributed by atoms with E-state index in [1.807, 2.05) is 0 Å². The number of carbonyl (C=O) groups excluding carboxylic acids is 1. The van der Waals surface area contributed by atoms with Gasteiger partial charge in [0.05, 0.1) is 6.10 Å². The Morgan fingerprint density at radius 1 is 1.35 bits per heavy atom. The van der Waals surface area contributed by atoms with Crippen molar-refractivity contribution in [2.75, 3.05) is 18.9 Å². The van der Waals surface area contributed by atoms with Gasteiger partial charge in [0.25, 0.3) is 0 Å². The average Bonchev–Trinajstić information content (AvgIpc) is 2.37. The third-order valence-electron chi connectivity index (χ3n) is 2.47. The van der Waals surface area contributed by atoms with Gasteiger partial charge >= 0.3 is 12.0 Å². The number of hydrogen-bond acceptors (Lipinski definition) is 3. The largest absolute Gasteiger partial charge is 0.478 e. The minimum atomic E-state index is -1.01. The maximum absolute atomic E-state index is 11.8. The number of likely N-dealkylation sites (N-methyl/N-ethyl adjacent to an activating group) is 1. The van der Waals surface area contributed by atoms with E-state index in [9.17, 15) is 14.7 Å². The summed E-state index contributed by atoms with van der Waals surface area (Å²) >= 11 is 0. The molecule has 1 aromatic carbocycles. The monoisotopic (exact) mass is 278 g/mol. The van der Waals surface area contributed by atoms with E-state index >= 15 is 0 Å². The molecule has 1 unspecified atom stereocenters. The van der Waals surface area contributed by atoms with Gasteiger partial charge in [0.2, 0.25) is 0 Å². The van der Waals surface area contributed by atoms with Crippen molar-refractivity contribution in [3.8, 4) is 0 Å². The molecule has 0 aliphatic rings. The number of nitrogens with zero attached hydrogens (tertiary/aromatic N) is 1. The van der Waals surface area contributed by atoms with Gasteiger partial charge in [0.15, 0.2) is 0 Å². The zero-order chi connectivity index (χ0) is 15.1. The van der Waals surface area contributed by atoms with Crippen LogP contribution in [0.5, 0.6) is 0 Å². The van der Waals surface area contributed by atoms with Crippen molar-refractivity contribution in [3.63, 3.8) is 0 Å². The molecule has 0 bridgehead atoms. The molecular formula is C14H18N2O4. The van der Waals surface area contributed by atoms with Crippen LogP contribution in [0.25, 0.3) is 6.08 Å². The lowest BCUT2D eigenvalue weighted by molar-refractivity contribution is -0.131. The highest BCUT2D eigenvalue weighted by Crippen LogP contribution is 2.11. The van der Waals surface area contributed by atoms with Crippen LogP contribution in [-0.4, -0.2) is 46.8 Å². The predicted molar refractivity (Wildman–Crippen MR) is 76.4 cm³/mol. The van der Waals surface area contributed by atoms with Gasteiger partial charge in [-0.1, -0.05) is 12.1 Å². The quantitative estimate of drug-likeness (QED) is 0.714. The minimum absolute atomic E-state index is 0.241. The molecule has 0 heterocycles. The average molecular weight is 278 g/mol. The first-order valence-electron chi connectivity index (χ1n) is 6.09. The molecule has 0 aromatic heterocycles. The van der Waals surface area contributed by atoms with Gasteiger partial charge in [0, 0.05) is 25.4 Å². The molecule has 6 heteroatoms. The number of urea groups is 1. The molecule has 0 fully saturated rings. The topological polar surface area (TPSA) is 89.9 Å². The highest BCUT2D eigenvalue weighted by atomic mass is 16.4. The number of aliphatic carboxylic acids is 1. The summed E-state index contributed by atoms with van der Waals surface area (Å²) in [6, 6.07) is 6.43. The minimum Gasteiger partial charge on any atom is -0.478 e. The zero-order valence-electron chi connectivity index (χ0n) is 11.4. The number of rotatable bonds is 5. The summed E-state index contributed by atoms with van der Waals surface area (Å²) in [6.45, 7) is 1.85. The number of benzene rings is 1. The molecular weight excluding hydrogens is 260 g/mol. The van der Waals surface area contributed by atoms with Crippen LogP contribution in [0, 0.1) is 0 Å². The van der Waals surface area contributed by atoms with Crippen LogP contribution in [0.15, 0.2) is 30.3 Å². The number of carboxylic acid groups (broad SMARTS) is 1. The third kappa shape index (κ3) is 5.53. The van der Waals surface area contributed by atoms with E-state index in [0.717, 1.165) is 11.6 Å². The molecule has 2 amide bonds. The molecule has 0 aliphatic heterocycles. The van der Waals surface area contributed by atoms with Crippen molar-refractivity contribution in [1.29, 1.82) is 0 Å². The summed E-state index contributed by atoms with van der Waals surface area (Å²) in [5, 5.41) is 20.4. The summed E-state index contributed by atoms with van der Waals surface area (Å²) in [7, 11) is 1.59. The lowest BCUT2D eigenvalue weighted by Crippen LogP contribution is -2.36. The second-order valence-corrected chi connectivity index (χ2v) is 4.45. The molecule has 0 aliphatic carbocycles. The van der Waals surface area contributed by atoms with Gasteiger partial charge in [-0.25, -0.2) is 9.59 Å². The Morgan fingerprint density at radius 2 is 1.95 bits per heavy atom. The maximum atomic E-state index is 11.8. The van der Waals surface area contributed by atoms with E-state index < -0.39 is 12.1 Å². The SMILES string of the molecule is CC(O)CN(C)C(=O)Nc1ccc(C=CC(=O)O)cc1. The molecule has 1 rings (SSSR count). The van der Waals surface area contributed by atoms with Crippen LogP contribution < -0.4 is 5.32 Å². The number of aliphatic hydroxyl groups is 1. The summed E-state index contributed by atoms with van der Waals surface area (Å²) < 4.78 is 0. The number of hydrogen-bond donors (Lipinski definition) is 3. The van der Waals surface area contributed by atoms with Gasteiger partial charge in [-0.2, -0.15) is 0 Å². The van der Waals surface area contributed by atoms with Gasteiger partial charge in [-0.15, -0.1) is 0 Å². The van der Waals surface area contributed by atoms with Crippen molar-refractivity contribution in [2.45, 2.75) is 13.0 Å². The normalized spacial score (nSPS) is 12.2. The van der Waals surface area contributed by atoms with Crippen LogP contribution in [0.3, 0.4) is 0 Å². The predicted octanol–water partition coefficient (Wildman–Crippen LogP) is 1.63. The Labute approximate surface area is 117 Å². The molecule has 1 atom stereocenters. The number of amides is 2. The van der Waals surface area contributed by atoms with Crippen LogP contribution >= 0.6 is 0 Å². The van der Waals surface area contributed by atoms with E-state index in [4.69, 9.17) is 5.11 Å². The second kappa shape index (κ2) is 7.30. The van der Waals surface area contributed by atoms with E-state index in [1.54, 1.807) is 38.2 Å². The standard InChI is InChI=1S/C14H18N2O4/c1-10(17)9-16(2)14(20)15-12-6-3-11(4-7-12)5-8-13(18)19/h3-8,10,17H,9H2,1-2H3,(H,15,20)(H,18,19). The smallest absolute Gasteiger partial charge is 0.328 e. The van der Waals surface area contributed by atoms with Crippen LogP contribution in [0.4, 0.5) is 10.5 Å². The molecule has 1 aromatic rings. The molecule has 108 valence electrons. The van der Waals surface area contributed by atoms with Crippen molar-refractivity contribution >= 4 is 23.8 Å². The number of nitrogens with one attached hydrogen (secondary N) is 1. The summed E-state index contributed by atoms with van der Waals surface area (Å²) in [5.41, 5.74) is 1.32. The van der Waals surface area contributed by atoms with E-state index in [2.05, 4.69) is 5.32 Å². The molecule has 20 heavy (non-hydrogen) atoms. The Hall–Kier alpha value is -2.34. The first-order valence-corrected chi connectivity index (χ1v) is 6.09. The van der Waals surface area contributed by atoms with E-state index in [1.165, 1.54) is 11.0 Å². The molecule has 3 N–H and O–H groups in total. The number of carboxylic acids is 1. The van der Waals surface area contributed by atoms with E-state index in [-0.39, 0.29) is 12.6 Å². The van der Waals surface area contributed by atoms with Crippen LogP contribution in [-0.2, 0) is 4.79 Å². The van der Waals surface area contributed by atoms with Gasteiger partial charge in [0.1, 0.15) is 0 Å². The lowest BCUT2D eigenvalue weighted by Gasteiger charge is -2.19. The first-order chi connectivity index (χ1) is 9.38. The third-order valence-corrected chi connectivity index (χ3v) is 2.47. The molecule has 0 radical (unpaired) electrons. The second-order valence-electron chi connectivity index (χ2n) is 4.45. The van der Waals surface area contributed by atoms with Gasteiger partial charge in [-0.05, 0) is 30.7 Å². The Kier molecular flexibility index (Phi) is 5.74. The van der Waals surface area contributed by atoms with Gasteiger partial charge in [-0.3, -0.25) is 0 Å². The van der Waals surface area contributed by atoms with Crippen molar-refractivity contribution < 1.29 is 19.8 Å². The number of carbonyl (C=O) groups is 2. The highest BCUT2D eigenvalue weighted by Gasteiger charge is 2.10. The zero-order valence-corrected chi connectivity index (χ0v) is 11.4. The number of aliphatic hydroxyl groups excluding tert-OH is 1. The molecule has 0 saturated carbocycles. The highest BCUT2D eigenvalue weighted by molar-refractivity contribution is 5.89. The van der Waals surface area contributed by atoms with Crippen LogP contribution in [0.2, 0.25) is 0 Å². The fourth-order valence-corrected chi connectivity index (χ4v) is 1.54. The van der Waals surface area contributed by atoms with E-state index in [0.29, 0.717) is 5.69 Å². The lowest BCUT2D eigenvalue weighted by atomic mass is 10.2. The Balaban J connectivity index is 2.61. The summed E-state index contributed by atoms with van der Waals surface area (Å²) in [6.07, 6.45) is 1.92. The fourth-order valence-electron chi connectivity index (χ4n) is 1.54. The van der Waals surface area contributed by atoms with Gasteiger partial charge < -0.3 is 20.4 Å². The summed E-state index contributed by atoms with van der Waals surface area (Å²) in [4.78, 5) is 23.5. The first kappa shape index (κ1) is 15.7. The van der Waals surface area contributed by atoms with Crippen molar-refractivity contribution in [1.82, 2.24) is 4.90 Å². The van der Waals surface area contributed by atoms with Crippen molar-refractivity contribution in [3.05, 3.63) is 35.9 Å². The number of anilines is 1. The van der Waals surface area contributed by atoms with Crippen molar-refractivity contribution in [2.24, 2.45) is 0 Å². The maximum Gasteiger partial charge on any atom is 0.328 e. The molecule has 0 spiro atoms. The fraction of sp³-hybridized carbons (Fsp3) is 0.286.